The first-order chi connectivity index (χ1) is 13.3. The first-order valence-electron chi connectivity index (χ1n) is 8.06. The molecule has 0 bridgehead atoms. The third-order valence-corrected chi connectivity index (χ3v) is 7.10. The predicted molar refractivity (Wildman–Crippen MR) is 106 cm³/mol. The topological polar surface area (TPSA) is 137 Å². The summed E-state index contributed by atoms with van der Waals surface area (Å²) in [5.41, 5.74) is 1.70. The fourth-order valence-corrected chi connectivity index (χ4v) is 5.02. The Labute approximate surface area is 169 Å². The maximum absolute atomic E-state index is 12.2. The van der Waals surface area contributed by atoms with Gasteiger partial charge >= 0.3 is 4.87 Å². The van der Waals surface area contributed by atoms with Crippen LogP contribution in [0.15, 0.2) is 39.3 Å². The van der Waals surface area contributed by atoms with Crippen molar-refractivity contribution in [1.82, 2.24) is 25.2 Å². The van der Waals surface area contributed by atoms with Gasteiger partial charge < -0.3 is 10.3 Å². The molecule has 9 nitrogen and oxygen atoms in total. The third kappa shape index (κ3) is 4.50. The Balaban J connectivity index is 1.56. The number of nitrogens with one attached hydrogen (secondary N) is 4. The van der Waals surface area contributed by atoms with Crippen molar-refractivity contribution < 1.29 is 13.2 Å². The number of nitrogens with zero attached hydrogens (tertiary/aromatic N) is 1. The number of aryl methyl sites for hydroxylation is 1. The van der Waals surface area contributed by atoms with E-state index in [0.717, 1.165) is 0 Å². The molecule has 0 spiro atoms. The molecule has 4 N–H and O–H groups in total. The molecule has 0 aliphatic carbocycles. The van der Waals surface area contributed by atoms with Crippen molar-refractivity contribution in [3.8, 4) is 11.3 Å². The number of benzene rings is 1. The minimum atomic E-state index is -3.82. The van der Waals surface area contributed by atoms with Crippen LogP contribution in [0.1, 0.15) is 16.2 Å². The Morgan fingerprint density at radius 2 is 2.04 bits per heavy atom. The molecule has 0 fully saturated rings. The molecule has 0 saturated heterocycles. The van der Waals surface area contributed by atoms with E-state index in [4.69, 9.17) is 11.6 Å². The Morgan fingerprint density at radius 3 is 2.71 bits per heavy atom. The molecular weight excluding hydrogens is 426 g/mol. The Bertz CT molecular complexity index is 1170. The monoisotopic (exact) mass is 441 g/mol. The number of thiazole rings is 1. The van der Waals surface area contributed by atoms with Crippen LogP contribution in [0, 0.1) is 6.92 Å². The van der Waals surface area contributed by atoms with Crippen LogP contribution in [0.25, 0.3) is 11.3 Å². The smallest absolute Gasteiger partial charge is 0.305 e. The van der Waals surface area contributed by atoms with E-state index in [1.54, 1.807) is 24.3 Å². The normalized spacial score (nSPS) is 11.5. The second-order valence-corrected chi connectivity index (χ2v) is 9.08. The highest BCUT2D eigenvalue weighted by Gasteiger charge is 2.20. The number of rotatable bonds is 7. The maximum atomic E-state index is 12.2. The highest BCUT2D eigenvalue weighted by molar-refractivity contribution is 7.91. The molecular formula is C16H16ClN5O4S2. The zero-order chi connectivity index (χ0) is 20.3. The van der Waals surface area contributed by atoms with E-state index in [9.17, 15) is 18.0 Å². The van der Waals surface area contributed by atoms with Crippen molar-refractivity contribution in [3.05, 3.63) is 56.4 Å². The lowest BCUT2D eigenvalue weighted by molar-refractivity contribution is 0.0949. The molecule has 0 saturated carbocycles. The van der Waals surface area contributed by atoms with Crippen molar-refractivity contribution in [1.29, 1.82) is 0 Å². The number of hydrogen-bond acceptors (Lipinski definition) is 6. The molecule has 148 valence electrons. The lowest BCUT2D eigenvalue weighted by atomic mass is 10.1. The van der Waals surface area contributed by atoms with Crippen molar-refractivity contribution in [2.45, 2.75) is 11.1 Å². The quantitative estimate of drug-likeness (QED) is 0.412. The second kappa shape index (κ2) is 8.27. The highest BCUT2D eigenvalue weighted by Crippen LogP contribution is 2.26. The van der Waals surface area contributed by atoms with Gasteiger partial charge in [-0.1, -0.05) is 41.1 Å². The molecule has 3 rings (SSSR count). The van der Waals surface area contributed by atoms with Crippen LogP contribution in [0.5, 0.6) is 0 Å². The number of hydrogen-bond donors (Lipinski definition) is 4. The molecule has 0 atom stereocenters. The lowest BCUT2D eigenvalue weighted by Crippen LogP contribution is -2.34. The molecule has 2 aromatic heterocycles. The zero-order valence-electron chi connectivity index (χ0n) is 14.6. The van der Waals surface area contributed by atoms with E-state index in [1.165, 1.54) is 6.92 Å². The van der Waals surface area contributed by atoms with Gasteiger partial charge in [-0.25, -0.2) is 13.1 Å². The van der Waals surface area contributed by atoms with Crippen LogP contribution in [0.3, 0.4) is 0 Å². The number of halogens is 1. The Kier molecular flexibility index (Phi) is 5.98. The summed E-state index contributed by atoms with van der Waals surface area (Å²) in [6, 6.07) is 8.67. The molecule has 12 heteroatoms. The van der Waals surface area contributed by atoms with Gasteiger partial charge in [-0.05, 0) is 19.1 Å². The molecule has 3 aromatic rings. The summed E-state index contributed by atoms with van der Waals surface area (Å²) >= 11 is 6.73. The summed E-state index contributed by atoms with van der Waals surface area (Å²) in [7, 11) is -3.82. The minimum absolute atomic E-state index is 0.0366. The SMILES string of the molecule is Cc1[nH]c(=O)sc1S(=O)(=O)NCCNC(=O)c1cc(-c2ccccc2Cl)n[nH]1. The second-order valence-electron chi connectivity index (χ2n) is 5.73. The van der Waals surface area contributed by atoms with E-state index < -0.39 is 20.8 Å². The summed E-state index contributed by atoms with van der Waals surface area (Å²) in [6.07, 6.45) is 0. The zero-order valence-corrected chi connectivity index (χ0v) is 17.0. The third-order valence-electron chi connectivity index (χ3n) is 3.70. The van der Waals surface area contributed by atoms with Gasteiger partial charge in [0, 0.05) is 24.3 Å². The van der Waals surface area contributed by atoms with Crippen molar-refractivity contribution in [3.63, 3.8) is 0 Å². The number of amides is 1. The van der Waals surface area contributed by atoms with E-state index in [2.05, 4.69) is 25.2 Å². The summed E-state index contributed by atoms with van der Waals surface area (Å²) < 4.78 is 26.6. The predicted octanol–water partition coefficient (Wildman–Crippen LogP) is 1.50. The first kappa shape index (κ1) is 20.3. The number of carbonyl (C=O) groups is 1. The van der Waals surface area contributed by atoms with Crippen LogP contribution in [0.4, 0.5) is 0 Å². The van der Waals surface area contributed by atoms with Gasteiger partial charge in [-0.15, -0.1) is 0 Å². The highest BCUT2D eigenvalue weighted by atomic mass is 35.5. The molecule has 0 unspecified atom stereocenters. The van der Waals surface area contributed by atoms with Gasteiger partial charge in [-0.2, -0.15) is 5.10 Å². The summed E-state index contributed by atoms with van der Waals surface area (Å²) in [5, 5.41) is 9.80. The Hall–Kier alpha value is -2.47. The largest absolute Gasteiger partial charge is 0.349 e. The van der Waals surface area contributed by atoms with E-state index >= 15 is 0 Å². The molecule has 0 aliphatic heterocycles. The van der Waals surface area contributed by atoms with E-state index in [0.29, 0.717) is 27.6 Å². The first-order valence-corrected chi connectivity index (χ1v) is 10.7. The van der Waals surface area contributed by atoms with Crippen LogP contribution in [-0.2, 0) is 10.0 Å². The summed E-state index contributed by atoms with van der Waals surface area (Å²) in [4.78, 5) is 25.4. The lowest BCUT2D eigenvalue weighted by Gasteiger charge is -2.06. The molecule has 0 radical (unpaired) electrons. The number of aromatic nitrogens is 3. The Morgan fingerprint density at radius 1 is 1.29 bits per heavy atom. The molecule has 0 aliphatic rings. The van der Waals surface area contributed by atoms with Gasteiger partial charge in [0.2, 0.25) is 0 Å². The van der Waals surface area contributed by atoms with Crippen molar-refractivity contribution in [2.24, 2.45) is 0 Å². The number of carbonyl (C=O) groups excluding carboxylic acids is 1. The van der Waals surface area contributed by atoms with Gasteiger partial charge in [0.15, 0.2) is 4.21 Å². The minimum Gasteiger partial charge on any atom is -0.349 e. The standard InChI is InChI=1S/C16H16ClN5O4S2/c1-9-15(27-16(24)20-9)28(25,26)19-7-6-18-14(23)13-8-12(21-22-13)10-4-2-3-5-11(10)17/h2-5,8,19H,6-7H2,1H3,(H,18,23)(H,20,24)(H,21,22). The van der Waals surface area contributed by atoms with Crippen LogP contribution in [-0.4, -0.2) is 42.6 Å². The fourth-order valence-electron chi connectivity index (χ4n) is 2.41. The van der Waals surface area contributed by atoms with Crippen molar-refractivity contribution in [2.75, 3.05) is 13.1 Å². The van der Waals surface area contributed by atoms with E-state index in [-0.39, 0.29) is 28.7 Å². The fraction of sp³-hybridized carbons (Fsp3) is 0.188. The van der Waals surface area contributed by atoms with Gasteiger partial charge in [0.1, 0.15) is 5.69 Å². The summed E-state index contributed by atoms with van der Waals surface area (Å²) in [6.45, 7) is 1.52. The van der Waals surface area contributed by atoms with Gasteiger partial charge in [0.25, 0.3) is 15.9 Å². The molecule has 1 aromatic carbocycles. The maximum Gasteiger partial charge on any atom is 0.305 e. The molecule has 2 heterocycles. The van der Waals surface area contributed by atoms with Crippen LogP contribution >= 0.6 is 22.9 Å². The average molecular weight is 442 g/mol. The molecule has 1 amide bonds. The van der Waals surface area contributed by atoms with Crippen LogP contribution < -0.4 is 14.9 Å². The average Bonchev–Trinajstić information content (AvgIpc) is 3.26. The van der Waals surface area contributed by atoms with Crippen LogP contribution in [0.2, 0.25) is 5.02 Å². The van der Waals surface area contributed by atoms with E-state index in [1.807, 2.05) is 6.07 Å². The van der Waals surface area contributed by atoms with Gasteiger partial charge in [0.05, 0.1) is 10.7 Å². The molecule has 28 heavy (non-hydrogen) atoms. The number of aromatic amines is 2. The number of sulfonamides is 1. The summed E-state index contributed by atoms with van der Waals surface area (Å²) in [5.74, 6) is -0.438. The van der Waals surface area contributed by atoms with Gasteiger partial charge in [-0.3, -0.25) is 14.7 Å². The number of H-pyrrole nitrogens is 2. The van der Waals surface area contributed by atoms with Crippen molar-refractivity contribution >= 4 is 38.9 Å².